The molecule has 0 atom stereocenters. The minimum absolute atomic E-state index is 0.0421. The molecule has 24 heavy (non-hydrogen) atoms. The molecule has 6 heteroatoms. The van der Waals surface area contributed by atoms with E-state index in [0.717, 1.165) is 5.56 Å². The number of nitrogens with zero attached hydrogens (tertiary/aromatic N) is 1. The van der Waals surface area contributed by atoms with Crippen molar-refractivity contribution in [3.8, 4) is 17.2 Å². The Kier molecular flexibility index (Phi) is 5.78. The number of benzene rings is 2. The van der Waals surface area contributed by atoms with Crippen LogP contribution in [0.25, 0.3) is 0 Å². The first-order valence-corrected chi connectivity index (χ1v) is 7.38. The maximum absolute atomic E-state index is 11.7. The van der Waals surface area contributed by atoms with Gasteiger partial charge < -0.3 is 14.6 Å². The average molecular weight is 328 g/mol. The number of phenolic OH excluding ortho intramolecular Hbond substituents is 1. The maximum atomic E-state index is 11.7. The lowest BCUT2D eigenvalue weighted by Crippen LogP contribution is -2.24. The summed E-state index contributed by atoms with van der Waals surface area (Å²) in [5, 5.41) is 13.4. The molecule has 0 aliphatic rings. The van der Waals surface area contributed by atoms with Crippen LogP contribution < -0.4 is 14.9 Å². The molecule has 6 nitrogen and oxygen atoms in total. The number of hydrazone groups is 1. The fraction of sp³-hybridized carbons (Fsp3) is 0.222. The van der Waals surface area contributed by atoms with Crippen molar-refractivity contribution in [2.75, 3.05) is 13.7 Å². The number of methoxy groups -OCH3 is 1. The van der Waals surface area contributed by atoms with Crippen molar-refractivity contribution >= 4 is 12.1 Å². The zero-order chi connectivity index (χ0) is 17.5. The first-order valence-electron chi connectivity index (χ1n) is 7.38. The molecule has 0 spiro atoms. The van der Waals surface area contributed by atoms with Crippen LogP contribution in [0.15, 0.2) is 41.5 Å². The Hall–Kier alpha value is -3.02. The number of ether oxygens (including phenoxy) is 2. The lowest BCUT2D eigenvalue weighted by molar-refractivity contribution is -0.123. The van der Waals surface area contributed by atoms with Crippen LogP contribution in [0.4, 0.5) is 0 Å². The smallest absolute Gasteiger partial charge is 0.277 e. The van der Waals surface area contributed by atoms with Gasteiger partial charge in [0.1, 0.15) is 5.75 Å². The quantitative estimate of drug-likeness (QED) is 0.631. The van der Waals surface area contributed by atoms with E-state index in [1.54, 1.807) is 12.1 Å². The van der Waals surface area contributed by atoms with Crippen molar-refractivity contribution in [2.45, 2.75) is 13.8 Å². The van der Waals surface area contributed by atoms with E-state index in [0.29, 0.717) is 17.1 Å². The summed E-state index contributed by atoms with van der Waals surface area (Å²) in [4.78, 5) is 11.7. The van der Waals surface area contributed by atoms with Crippen molar-refractivity contribution in [3.05, 3.63) is 53.1 Å². The molecule has 2 rings (SSSR count). The van der Waals surface area contributed by atoms with E-state index in [4.69, 9.17) is 9.47 Å². The van der Waals surface area contributed by atoms with Gasteiger partial charge in [0.25, 0.3) is 5.91 Å². The Labute approximate surface area is 140 Å². The van der Waals surface area contributed by atoms with E-state index in [1.165, 1.54) is 25.0 Å². The number of aryl methyl sites for hydroxylation is 2. The van der Waals surface area contributed by atoms with Crippen LogP contribution in [0.3, 0.4) is 0 Å². The zero-order valence-corrected chi connectivity index (χ0v) is 13.9. The van der Waals surface area contributed by atoms with Gasteiger partial charge in [-0.1, -0.05) is 6.07 Å². The summed E-state index contributed by atoms with van der Waals surface area (Å²) in [7, 11) is 1.46. The van der Waals surface area contributed by atoms with Crippen molar-refractivity contribution < 1.29 is 19.4 Å². The molecular weight excluding hydrogens is 308 g/mol. The van der Waals surface area contributed by atoms with E-state index >= 15 is 0 Å². The summed E-state index contributed by atoms with van der Waals surface area (Å²) in [5.41, 5.74) is 5.33. The molecule has 2 aromatic carbocycles. The number of amides is 1. The maximum Gasteiger partial charge on any atom is 0.277 e. The molecule has 0 saturated carbocycles. The van der Waals surface area contributed by atoms with Gasteiger partial charge in [-0.3, -0.25) is 4.79 Å². The van der Waals surface area contributed by atoms with Gasteiger partial charge in [0.15, 0.2) is 18.1 Å². The Balaban J connectivity index is 1.85. The molecule has 0 aliphatic heterocycles. The highest BCUT2D eigenvalue weighted by atomic mass is 16.5. The number of rotatable bonds is 6. The van der Waals surface area contributed by atoms with Crippen LogP contribution >= 0.6 is 0 Å². The molecule has 0 radical (unpaired) electrons. The molecule has 0 fully saturated rings. The standard InChI is InChI=1S/C18H20N2O4/c1-12-4-6-15(8-13(12)2)24-11-18(22)20-19-10-14-5-7-16(21)17(9-14)23-3/h4-10,21H,11H2,1-3H3,(H,20,22)/b19-10+. The number of hydrogen-bond donors (Lipinski definition) is 2. The van der Waals surface area contributed by atoms with Gasteiger partial charge in [-0.05, 0) is 60.9 Å². The lowest BCUT2D eigenvalue weighted by atomic mass is 10.1. The van der Waals surface area contributed by atoms with Gasteiger partial charge in [-0.25, -0.2) is 5.43 Å². The predicted molar refractivity (Wildman–Crippen MR) is 91.8 cm³/mol. The largest absolute Gasteiger partial charge is 0.504 e. The van der Waals surface area contributed by atoms with Crippen LogP contribution in [0.5, 0.6) is 17.2 Å². The fourth-order valence-electron chi connectivity index (χ4n) is 1.94. The van der Waals surface area contributed by atoms with E-state index in [-0.39, 0.29) is 18.3 Å². The highest BCUT2D eigenvalue weighted by Crippen LogP contribution is 2.25. The Morgan fingerprint density at radius 2 is 2.00 bits per heavy atom. The third-order valence-corrected chi connectivity index (χ3v) is 3.45. The molecule has 1 amide bonds. The minimum atomic E-state index is -0.366. The average Bonchev–Trinajstić information content (AvgIpc) is 2.57. The second-order valence-electron chi connectivity index (χ2n) is 5.26. The third kappa shape index (κ3) is 4.74. The second-order valence-corrected chi connectivity index (χ2v) is 5.26. The highest BCUT2D eigenvalue weighted by Gasteiger charge is 2.03. The van der Waals surface area contributed by atoms with Crippen LogP contribution in [0.1, 0.15) is 16.7 Å². The number of nitrogens with one attached hydrogen (secondary N) is 1. The van der Waals surface area contributed by atoms with Gasteiger partial charge in [0.2, 0.25) is 0 Å². The molecule has 126 valence electrons. The molecule has 0 aliphatic carbocycles. The zero-order valence-electron chi connectivity index (χ0n) is 13.9. The van der Waals surface area contributed by atoms with Crippen molar-refractivity contribution in [3.63, 3.8) is 0 Å². The lowest BCUT2D eigenvalue weighted by Gasteiger charge is -2.07. The summed E-state index contributed by atoms with van der Waals surface area (Å²) in [6.45, 7) is 3.87. The SMILES string of the molecule is COc1cc(/C=N/NC(=O)COc2ccc(C)c(C)c2)ccc1O. The minimum Gasteiger partial charge on any atom is -0.504 e. The number of hydrogen-bond acceptors (Lipinski definition) is 5. The molecule has 0 saturated heterocycles. The van der Waals surface area contributed by atoms with Crippen LogP contribution in [0.2, 0.25) is 0 Å². The van der Waals surface area contributed by atoms with Crippen LogP contribution in [-0.2, 0) is 4.79 Å². The van der Waals surface area contributed by atoms with Crippen LogP contribution in [-0.4, -0.2) is 30.9 Å². The summed E-state index contributed by atoms with van der Waals surface area (Å²) in [6.07, 6.45) is 1.45. The van der Waals surface area contributed by atoms with E-state index in [9.17, 15) is 9.90 Å². The van der Waals surface area contributed by atoms with Crippen molar-refractivity contribution in [1.29, 1.82) is 0 Å². The molecule has 0 bridgehead atoms. The topological polar surface area (TPSA) is 80.2 Å². The van der Waals surface area contributed by atoms with E-state index < -0.39 is 0 Å². The number of aromatic hydroxyl groups is 1. The van der Waals surface area contributed by atoms with Crippen molar-refractivity contribution in [2.24, 2.45) is 5.10 Å². The van der Waals surface area contributed by atoms with Gasteiger partial charge >= 0.3 is 0 Å². The Bertz CT molecular complexity index is 757. The van der Waals surface area contributed by atoms with Gasteiger partial charge in [-0.2, -0.15) is 5.10 Å². The summed E-state index contributed by atoms with van der Waals surface area (Å²) >= 11 is 0. The normalized spacial score (nSPS) is 10.6. The number of carbonyl (C=O) groups excluding carboxylic acids is 1. The molecule has 0 aromatic heterocycles. The first kappa shape index (κ1) is 17.3. The Morgan fingerprint density at radius 1 is 1.21 bits per heavy atom. The first-order chi connectivity index (χ1) is 11.5. The van der Waals surface area contributed by atoms with Gasteiger partial charge in [0.05, 0.1) is 13.3 Å². The number of phenols is 1. The fourth-order valence-corrected chi connectivity index (χ4v) is 1.94. The Morgan fingerprint density at radius 3 is 2.71 bits per heavy atom. The molecule has 0 unspecified atom stereocenters. The third-order valence-electron chi connectivity index (χ3n) is 3.45. The van der Waals surface area contributed by atoms with Crippen molar-refractivity contribution in [1.82, 2.24) is 5.43 Å². The molecule has 0 heterocycles. The summed E-state index contributed by atoms with van der Waals surface area (Å²) in [6, 6.07) is 10.4. The molecular formula is C18H20N2O4. The van der Waals surface area contributed by atoms with Crippen LogP contribution in [0, 0.1) is 13.8 Å². The summed E-state index contributed by atoms with van der Waals surface area (Å²) in [5.74, 6) is 0.652. The molecule has 2 N–H and O–H groups in total. The summed E-state index contributed by atoms with van der Waals surface area (Å²) < 4.78 is 10.4. The van der Waals surface area contributed by atoms with E-state index in [1.807, 2.05) is 32.0 Å². The van der Waals surface area contributed by atoms with E-state index in [2.05, 4.69) is 10.5 Å². The second kappa shape index (κ2) is 8.01. The predicted octanol–water partition coefficient (Wildman–Crippen LogP) is 2.55. The monoisotopic (exact) mass is 328 g/mol. The van der Waals surface area contributed by atoms with Gasteiger partial charge in [0, 0.05) is 0 Å². The number of carbonyl (C=O) groups is 1. The van der Waals surface area contributed by atoms with Gasteiger partial charge in [-0.15, -0.1) is 0 Å². The molecule has 2 aromatic rings. The highest BCUT2D eigenvalue weighted by molar-refractivity contribution is 5.83.